The van der Waals surface area contributed by atoms with Gasteiger partial charge in [0.2, 0.25) is 5.96 Å². The normalized spacial score (nSPS) is 23.5. The summed E-state index contributed by atoms with van der Waals surface area (Å²) in [7, 11) is 0. The van der Waals surface area contributed by atoms with Crippen molar-refractivity contribution in [1.82, 2.24) is 15.3 Å². The third-order valence-corrected chi connectivity index (χ3v) is 5.88. The number of guanidine groups is 1. The van der Waals surface area contributed by atoms with Crippen LogP contribution in [0.3, 0.4) is 0 Å². The van der Waals surface area contributed by atoms with Crippen LogP contribution in [-0.2, 0) is 0 Å². The number of aromatic nitrogens is 2. The molecular formula is C24H26ClFN6. The number of aryl methyl sites for hydroxylation is 1. The summed E-state index contributed by atoms with van der Waals surface area (Å²) in [6.07, 6.45) is 9.37. The fraction of sp³-hybridized carbons (Fsp3) is 0.333. The quantitative estimate of drug-likeness (QED) is 0.738. The van der Waals surface area contributed by atoms with Crippen LogP contribution in [-0.4, -0.2) is 47.3 Å². The van der Waals surface area contributed by atoms with E-state index in [9.17, 15) is 4.39 Å². The Labute approximate surface area is 192 Å². The van der Waals surface area contributed by atoms with Crippen LogP contribution >= 0.6 is 11.6 Å². The summed E-state index contributed by atoms with van der Waals surface area (Å²) >= 11 is 6.31. The predicted octanol–water partition coefficient (Wildman–Crippen LogP) is 4.61. The Morgan fingerprint density at radius 3 is 2.69 bits per heavy atom. The first-order chi connectivity index (χ1) is 15.5. The molecule has 6 nitrogen and oxygen atoms in total. The number of nitrogens with zero attached hydrogens (tertiary/aromatic N) is 5. The number of aliphatic imine (C=N–C) groups is 2. The fourth-order valence-electron chi connectivity index (χ4n) is 3.86. The zero-order valence-corrected chi connectivity index (χ0v) is 19.0. The lowest BCUT2D eigenvalue weighted by Crippen LogP contribution is -2.44. The lowest BCUT2D eigenvalue weighted by molar-refractivity contribution is 0.463. The molecule has 0 atom stereocenters. The maximum Gasteiger partial charge on any atom is 0.218 e. The van der Waals surface area contributed by atoms with Gasteiger partial charge in [-0.1, -0.05) is 29.8 Å². The molecule has 8 heteroatoms. The molecule has 2 aliphatic rings. The van der Waals surface area contributed by atoms with Crippen LogP contribution in [0.1, 0.15) is 31.0 Å². The molecule has 32 heavy (non-hydrogen) atoms. The molecule has 0 saturated carbocycles. The Morgan fingerprint density at radius 2 is 1.94 bits per heavy atom. The van der Waals surface area contributed by atoms with Crippen LogP contribution in [0.2, 0.25) is 5.02 Å². The van der Waals surface area contributed by atoms with Gasteiger partial charge in [-0.2, -0.15) is 0 Å². The first-order valence-electron chi connectivity index (χ1n) is 10.7. The van der Waals surface area contributed by atoms with Gasteiger partial charge in [0.15, 0.2) is 0 Å². The molecule has 1 N–H and O–H groups in total. The maximum absolute atomic E-state index is 13.5. The van der Waals surface area contributed by atoms with Crippen LogP contribution in [0.4, 0.5) is 10.2 Å². The Kier molecular flexibility index (Phi) is 6.95. The number of rotatable bonds is 3. The van der Waals surface area contributed by atoms with Crippen molar-refractivity contribution in [1.29, 1.82) is 0 Å². The van der Waals surface area contributed by atoms with Crippen molar-refractivity contribution >= 4 is 34.7 Å². The van der Waals surface area contributed by atoms with E-state index in [2.05, 4.69) is 25.2 Å². The summed E-state index contributed by atoms with van der Waals surface area (Å²) in [6, 6.07) is 6.71. The van der Waals surface area contributed by atoms with Gasteiger partial charge in [0, 0.05) is 47.7 Å². The van der Waals surface area contributed by atoms with Crippen LogP contribution < -0.4 is 10.2 Å². The standard InChI is InChI=1S/C24H26ClFN6/c1-16-13-23(29-15-28-16)32-11-8-19(9-12-32)31-24-27-10-4-3-5-20(17(2)30-24)21-7-6-18(26)14-22(21)25/h3-7,13-15,19H,8-12H2,1-2H3,(H,27,31)/b4-3+,20-5+,30-17+. The molecule has 0 unspecified atom stereocenters. The molecule has 2 aliphatic heterocycles. The molecule has 1 saturated heterocycles. The van der Waals surface area contributed by atoms with Gasteiger partial charge < -0.3 is 10.2 Å². The zero-order valence-electron chi connectivity index (χ0n) is 18.2. The van der Waals surface area contributed by atoms with E-state index < -0.39 is 0 Å². The van der Waals surface area contributed by atoms with Gasteiger partial charge in [-0.15, -0.1) is 0 Å². The highest BCUT2D eigenvalue weighted by Gasteiger charge is 2.21. The lowest BCUT2D eigenvalue weighted by Gasteiger charge is -2.33. The van der Waals surface area contributed by atoms with E-state index in [1.165, 1.54) is 12.1 Å². The minimum absolute atomic E-state index is 0.274. The number of nitrogens with one attached hydrogen (secondary N) is 1. The lowest BCUT2D eigenvalue weighted by atomic mass is 10.0. The van der Waals surface area contributed by atoms with Gasteiger partial charge in [0.1, 0.15) is 18.0 Å². The number of anilines is 1. The van der Waals surface area contributed by atoms with E-state index in [1.54, 1.807) is 12.4 Å². The van der Waals surface area contributed by atoms with E-state index in [4.69, 9.17) is 16.6 Å². The van der Waals surface area contributed by atoms with Crippen molar-refractivity contribution in [2.45, 2.75) is 32.7 Å². The van der Waals surface area contributed by atoms with Gasteiger partial charge in [0.25, 0.3) is 0 Å². The Balaban J connectivity index is 1.46. The molecule has 0 spiro atoms. The molecule has 4 rings (SSSR count). The van der Waals surface area contributed by atoms with E-state index in [-0.39, 0.29) is 11.9 Å². The second-order valence-corrected chi connectivity index (χ2v) is 8.32. The summed E-state index contributed by atoms with van der Waals surface area (Å²) in [5, 5.41) is 3.87. The summed E-state index contributed by atoms with van der Waals surface area (Å²) in [5.41, 5.74) is 3.33. The summed E-state index contributed by atoms with van der Waals surface area (Å²) in [6.45, 7) is 6.23. The fourth-order valence-corrected chi connectivity index (χ4v) is 4.13. The topological polar surface area (TPSA) is 65.8 Å². The Bertz CT molecular complexity index is 1100. The molecule has 3 heterocycles. The van der Waals surface area contributed by atoms with Crippen molar-refractivity contribution in [3.8, 4) is 0 Å². The van der Waals surface area contributed by atoms with E-state index in [1.807, 2.05) is 38.1 Å². The van der Waals surface area contributed by atoms with Crippen LogP contribution in [0.15, 0.2) is 58.8 Å². The molecular weight excluding hydrogens is 427 g/mol. The molecule has 1 aromatic carbocycles. The van der Waals surface area contributed by atoms with Crippen molar-refractivity contribution < 1.29 is 4.39 Å². The van der Waals surface area contributed by atoms with Gasteiger partial charge in [-0.05, 0) is 44.9 Å². The summed E-state index contributed by atoms with van der Waals surface area (Å²) in [5.74, 6) is 1.22. The number of piperidine rings is 1. The SMILES string of the molecule is CC1=N\C(NC2CCN(c3cc(C)ncn3)CC2)=N/C/C=C/C=C\1c1ccc(F)cc1Cl. The Hall–Kier alpha value is -3.06. The third kappa shape index (κ3) is 5.40. The smallest absolute Gasteiger partial charge is 0.218 e. The molecule has 0 radical (unpaired) electrons. The molecule has 2 aromatic rings. The monoisotopic (exact) mass is 452 g/mol. The van der Waals surface area contributed by atoms with Gasteiger partial charge >= 0.3 is 0 Å². The van der Waals surface area contributed by atoms with E-state index in [0.29, 0.717) is 17.5 Å². The second-order valence-electron chi connectivity index (χ2n) is 7.92. The van der Waals surface area contributed by atoms with Gasteiger partial charge in [-0.3, -0.25) is 0 Å². The number of allylic oxidation sites excluding steroid dienone is 3. The largest absolute Gasteiger partial charge is 0.356 e. The van der Waals surface area contributed by atoms with Crippen molar-refractivity contribution in [2.75, 3.05) is 24.5 Å². The first-order valence-corrected chi connectivity index (χ1v) is 11.1. The minimum Gasteiger partial charge on any atom is -0.356 e. The number of benzene rings is 1. The summed E-state index contributed by atoms with van der Waals surface area (Å²) < 4.78 is 13.5. The van der Waals surface area contributed by atoms with Gasteiger partial charge in [-0.25, -0.2) is 24.3 Å². The highest BCUT2D eigenvalue weighted by Crippen LogP contribution is 2.26. The maximum atomic E-state index is 13.5. The van der Waals surface area contributed by atoms with E-state index >= 15 is 0 Å². The second kappa shape index (κ2) is 10.0. The highest BCUT2D eigenvalue weighted by molar-refractivity contribution is 6.36. The molecule has 0 amide bonds. The summed E-state index contributed by atoms with van der Waals surface area (Å²) in [4.78, 5) is 20.2. The third-order valence-electron chi connectivity index (χ3n) is 5.57. The van der Waals surface area contributed by atoms with Crippen molar-refractivity contribution in [2.24, 2.45) is 9.98 Å². The highest BCUT2D eigenvalue weighted by atomic mass is 35.5. The van der Waals surface area contributed by atoms with Crippen molar-refractivity contribution in [3.05, 3.63) is 70.9 Å². The molecule has 0 bridgehead atoms. The Morgan fingerprint density at radius 1 is 1.12 bits per heavy atom. The number of hydrogen-bond acceptors (Lipinski definition) is 6. The molecule has 166 valence electrons. The van der Waals surface area contributed by atoms with Gasteiger partial charge in [0.05, 0.1) is 11.6 Å². The molecule has 1 fully saturated rings. The average molecular weight is 453 g/mol. The zero-order chi connectivity index (χ0) is 22.5. The number of halogens is 2. The molecule has 0 aliphatic carbocycles. The van der Waals surface area contributed by atoms with Crippen LogP contribution in [0.5, 0.6) is 0 Å². The number of hydrogen-bond donors (Lipinski definition) is 1. The van der Waals surface area contributed by atoms with Crippen LogP contribution in [0.25, 0.3) is 5.57 Å². The predicted molar refractivity (Wildman–Crippen MR) is 129 cm³/mol. The van der Waals surface area contributed by atoms with E-state index in [0.717, 1.165) is 54.3 Å². The molecule has 1 aromatic heterocycles. The average Bonchev–Trinajstić information content (AvgIpc) is 2.85. The van der Waals surface area contributed by atoms with Crippen molar-refractivity contribution in [3.63, 3.8) is 0 Å². The van der Waals surface area contributed by atoms with Crippen LogP contribution in [0, 0.1) is 12.7 Å². The first kappa shape index (κ1) is 22.1. The minimum atomic E-state index is -0.361.